The summed E-state index contributed by atoms with van der Waals surface area (Å²) in [6, 6.07) is 0. The molecule has 1 heterocycles. The van der Waals surface area contributed by atoms with Gasteiger partial charge in [0.1, 0.15) is 11.0 Å². The van der Waals surface area contributed by atoms with Gasteiger partial charge in [-0.25, -0.2) is 9.97 Å². The number of hydrogen-bond donors (Lipinski definition) is 0. The van der Waals surface area contributed by atoms with Crippen molar-refractivity contribution in [2.45, 2.75) is 32.1 Å². The Morgan fingerprint density at radius 1 is 1.56 bits per heavy atom. The summed E-state index contributed by atoms with van der Waals surface area (Å²) in [6.07, 6.45) is 2.17. The predicted octanol–water partition coefficient (Wildman–Crippen LogP) is 1.90. The molecule has 0 aliphatic heterocycles. The van der Waals surface area contributed by atoms with Crippen molar-refractivity contribution in [1.29, 1.82) is 0 Å². The Labute approximate surface area is 99.0 Å². The molecule has 0 radical (unpaired) electrons. The van der Waals surface area contributed by atoms with Gasteiger partial charge < -0.3 is 4.74 Å². The highest BCUT2D eigenvalue weighted by Gasteiger charge is 2.33. The molecule has 0 bridgehead atoms. The Balaban J connectivity index is 2.45. The molecule has 1 aromatic heterocycles. The van der Waals surface area contributed by atoms with E-state index >= 15 is 0 Å². The van der Waals surface area contributed by atoms with Crippen LogP contribution in [0.3, 0.4) is 0 Å². The van der Waals surface area contributed by atoms with E-state index < -0.39 is 0 Å². The van der Waals surface area contributed by atoms with E-state index in [0.717, 1.165) is 17.7 Å². The standard InChI is InChI=1S/C11H13ClN2O2/c1-3-8-13-9-6(10(12)14-8)4-5-7(9)11(15)16-2/h7H,3-5H2,1-2H3. The van der Waals surface area contributed by atoms with Crippen molar-refractivity contribution >= 4 is 17.6 Å². The number of nitrogens with zero attached hydrogens (tertiary/aromatic N) is 2. The highest BCUT2D eigenvalue weighted by atomic mass is 35.5. The average molecular weight is 241 g/mol. The van der Waals surface area contributed by atoms with Gasteiger partial charge in [0.05, 0.1) is 18.7 Å². The van der Waals surface area contributed by atoms with Gasteiger partial charge in [-0.15, -0.1) is 0 Å². The second-order valence-corrected chi connectivity index (χ2v) is 4.12. The average Bonchev–Trinajstić information content (AvgIpc) is 2.72. The number of esters is 1. The quantitative estimate of drug-likeness (QED) is 0.585. The minimum Gasteiger partial charge on any atom is -0.469 e. The number of fused-ring (bicyclic) bond motifs is 1. The molecule has 2 rings (SSSR count). The van der Waals surface area contributed by atoms with E-state index in [1.54, 1.807) is 0 Å². The van der Waals surface area contributed by atoms with Crippen LogP contribution in [0.4, 0.5) is 0 Å². The first-order valence-corrected chi connectivity index (χ1v) is 5.68. The maximum atomic E-state index is 11.6. The van der Waals surface area contributed by atoms with Gasteiger partial charge in [0.15, 0.2) is 0 Å². The summed E-state index contributed by atoms with van der Waals surface area (Å²) < 4.78 is 4.76. The largest absolute Gasteiger partial charge is 0.469 e. The lowest BCUT2D eigenvalue weighted by atomic mass is 10.1. The zero-order valence-corrected chi connectivity index (χ0v) is 10.0. The molecule has 0 amide bonds. The van der Waals surface area contributed by atoms with Gasteiger partial charge in [0.25, 0.3) is 0 Å². The van der Waals surface area contributed by atoms with E-state index in [0.29, 0.717) is 23.8 Å². The number of hydrogen-bond acceptors (Lipinski definition) is 4. The fraction of sp³-hybridized carbons (Fsp3) is 0.545. The molecule has 1 unspecified atom stereocenters. The van der Waals surface area contributed by atoms with Crippen molar-refractivity contribution in [3.05, 3.63) is 22.2 Å². The van der Waals surface area contributed by atoms with Crippen molar-refractivity contribution < 1.29 is 9.53 Å². The second kappa shape index (κ2) is 4.37. The summed E-state index contributed by atoms with van der Waals surface area (Å²) in [5.41, 5.74) is 1.65. The van der Waals surface area contributed by atoms with E-state index in [-0.39, 0.29) is 11.9 Å². The molecule has 5 heteroatoms. The summed E-state index contributed by atoms with van der Waals surface area (Å²) in [7, 11) is 1.39. The van der Waals surface area contributed by atoms with Gasteiger partial charge >= 0.3 is 5.97 Å². The topological polar surface area (TPSA) is 52.1 Å². The summed E-state index contributed by atoms with van der Waals surface area (Å²) in [5.74, 6) is 0.168. The molecule has 0 N–H and O–H groups in total. The summed E-state index contributed by atoms with van der Waals surface area (Å²) in [4.78, 5) is 20.1. The fourth-order valence-corrected chi connectivity index (χ4v) is 2.28. The van der Waals surface area contributed by atoms with Gasteiger partial charge in [-0.3, -0.25) is 4.79 Å². The molecule has 1 atom stereocenters. The summed E-state index contributed by atoms with van der Waals surface area (Å²) in [5, 5.41) is 0.480. The molecular weight excluding hydrogens is 228 g/mol. The Kier molecular flexibility index (Phi) is 3.10. The maximum absolute atomic E-state index is 11.6. The number of aryl methyl sites for hydroxylation is 1. The van der Waals surface area contributed by atoms with Gasteiger partial charge in [-0.1, -0.05) is 18.5 Å². The third-order valence-corrected chi connectivity index (χ3v) is 3.16. The molecule has 1 aromatic rings. The monoisotopic (exact) mass is 240 g/mol. The van der Waals surface area contributed by atoms with Crippen molar-refractivity contribution in [2.24, 2.45) is 0 Å². The van der Waals surface area contributed by atoms with Gasteiger partial charge in [0.2, 0.25) is 0 Å². The Morgan fingerprint density at radius 2 is 2.31 bits per heavy atom. The molecule has 0 fully saturated rings. The lowest BCUT2D eigenvalue weighted by Gasteiger charge is -2.09. The van der Waals surface area contributed by atoms with Crippen LogP contribution in [-0.4, -0.2) is 23.0 Å². The lowest BCUT2D eigenvalue weighted by Crippen LogP contribution is -2.13. The van der Waals surface area contributed by atoms with Crippen LogP contribution in [0.15, 0.2) is 0 Å². The molecule has 1 aliphatic carbocycles. The number of rotatable bonds is 2. The number of carbonyl (C=O) groups is 1. The van der Waals surface area contributed by atoms with E-state index in [9.17, 15) is 4.79 Å². The van der Waals surface area contributed by atoms with Crippen LogP contribution in [-0.2, 0) is 22.4 Å². The van der Waals surface area contributed by atoms with E-state index in [1.165, 1.54) is 7.11 Å². The van der Waals surface area contributed by atoms with Crippen molar-refractivity contribution in [3.63, 3.8) is 0 Å². The molecule has 0 spiro atoms. The van der Waals surface area contributed by atoms with Crippen LogP contribution >= 0.6 is 11.6 Å². The molecule has 0 saturated carbocycles. The van der Waals surface area contributed by atoms with Gasteiger partial charge in [0, 0.05) is 12.0 Å². The molecule has 16 heavy (non-hydrogen) atoms. The van der Waals surface area contributed by atoms with Crippen molar-refractivity contribution in [2.75, 3.05) is 7.11 Å². The Hall–Kier alpha value is -1.16. The Bertz CT molecular complexity index is 434. The smallest absolute Gasteiger partial charge is 0.314 e. The third kappa shape index (κ3) is 1.78. The van der Waals surface area contributed by atoms with E-state index in [2.05, 4.69) is 9.97 Å². The number of halogens is 1. The molecular formula is C11H13ClN2O2. The van der Waals surface area contributed by atoms with Crippen LogP contribution < -0.4 is 0 Å². The van der Waals surface area contributed by atoms with Crippen molar-refractivity contribution in [1.82, 2.24) is 9.97 Å². The second-order valence-electron chi connectivity index (χ2n) is 3.76. The number of methoxy groups -OCH3 is 1. The first-order chi connectivity index (χ1) is 7.67. The summed E-state index contributed by atoms with van der Waals surface area (Å²) in [6.45, 7) is 1.96. The minimum atomic E-state index is -0.272. The van der Waals surface area contributed by atoms with Crippen LogP contribution in [0.5, 0.6) is 0 Å². The molecule has 4 nitrogen and oxygen atoms in total. The molecule has 86 valence electrons. The Morgan fingerprint density at radius 3 is 2.94 bits per heavy atom. The van der Waals surface area contributed by atoms with E-state index in [1.807, 2.05) is 6.92 Å². The normalized spacial score (nSPS) is 18.3. The highest BCUT2D eigenvalue weighted by Crippen LogP contribution is 2.35. The molecule has 1 aliphatic rings. The zero-order valence-electron chi connectivity index (χ0n) is 9.29. The SMILES string of the molecule is CCc1nc(Cl)c2c(n1)C(C(=O)OC)CC2. The van der Waals surface area contributed by atoms with Gasteiger partial charge in [-0.05, 0) is 12.8 Å². The van der Waals surface area contributed by atoms with Gasteiger partial charge in [-0.2, -0.15) is 0 Å². The van der Waals surface area contributed by atoms with Crippen LogP contribution in [0.25, 0.3) is 0 Å². The minimum absolute atomic E-state index is 0.240. The summed E-state index contributed by atoms with van der Waals surface area (Å²) >= 11 is 6.06. The fourth-order valence-electron chi connectivity index (χ4n) is 1.99. The van der Waals surface area contributed by atoms with Crippen LogP contribution in [0.2, 0.25) is 5.15 Å². The maximum Gasteiger partial charge on any atom is 0.314 e. The predicted molar refractivity (Wildman–Crippen MR) is 59.5 cm³/mol. The van der Waals surface area contributed by atoms with Crippen LogP contribution in [0, 0.1) is 0 Å². The lowest BCUT2D eigenvalue weighted by molar-refractivity contribution is -0.142. The molecule has 0 saturated heterocycles. The van der Waals surface area contributed by atoms with Crippen LogP contribution in [0.1, 0.15) is 36.3 Å². The molecule has 0 aromatic carbocycles. The number of aromatic nitrogens is 2. The zero-order chi connectivity index (χ0) is 11.7. The van der Waals surface area contributed by atoms with Crippen molar-refractivity contribution in [3.8, 4) is 0 Å². The first-order valence-electron chi connectivity index (χ1n) is 5.30. The number of carbonyl (C=O) groups excluding carboxylic acids is 1. The third-order valence-electron chi connectivity index (χ3n) is 2.85. The number of ether oxygens (including phenoxy) is 1. The van der Waals surface area contributed by atoms with E-state index in [4.69, 9.17) is 16.3 Å². The first kappa shape index (κ1) is 11.3. The highest BCUT2D eigenvalue weighted by molar-refractivity contribution is 6.30.